The first-order valence-corrected chi connectivity index (χ1v) is 9.09. The van der Waals surface area contributed by atoms with Crippen LogP contribution in [0, 0.1) is 15.9 Å². The molecule has 1 aromatic heterocycles. The highest BCUT2D eigenvalue weighted by Gasteiger charge is 2.30. The number of nitro groups is 1. The van der Waals surface area contributed by atoms with Crippen LogP contribution in [0.3, 0.4) is 0 Å². The average Bonchev–Trinajstić information content (AvgIpc) is 2.75. The molecule has 1 aliphatic rings. The van der Waals surface area contributed by atoms with Crippen molar-refractivity contribution in [1.82, 2.24) is 9.97 Å². The molecule has 0 unspecified atom stereocenters. The van der Waals surface area contributed by atoms with Gasteiger partial charge in [-0.1, -0.05) is 18.2 Å². The molecule has 4 rings (SSSR count). The van der Waals surface area contributed by atoms with Crippen LogP contribution in [0.5, 0.6) is 11.6 Å². The molecule has 3 aromatic rings. The van der Waals surface area contributed by atoms with E-state index in [9.17, 15) is 14.5 Å². The van der Waals surface area contributed by atoms with Crippen molar-refractivity contribution >= 4 is 17.2 Å². The van der Waals surface area contributed by atoms with Gasteiger partial charge in [0.1, 0.15) is 17.9 Å². The van der Waals surface area contributed by atoms with Gasteiger partial charge >= 0.3 is 11.6 Å². The van der Waals surface area contributed by atoms with Crippen LogP contribution in [0.25, 0.3) is 0 Å². The van der Waals surface area contributed by atoms with Gasteiger partial charge in [-0.15, -0.1) is 0 Å². The Morgan fingerprint density at radius 2 is 1.59 bits per heavy atom. The smallest absolute Gasteiger partial charge is 0.373 e. The summed E-state index contributed by atoms with van der Waals surface area (Å²) >= 11 is 0. The first kappa shape index (κ1) is 18.6. The fourth-order valence-corrected chi connectivity index (χ4v) is 3.25. The first-order valence-electron chi connectivity index (χ1n) is 9.09. The van der Waals surface area contributed by atoms with Crippen molar-refractivity contribution in [3.63, 3.8) is 0 Å². The molecule has 1 aliphatic heterocycles. The Hall–Kier alpha value is -3.75. The molecule has 0 spiro atoms. The molecule has 2 heterocycles. The van der Waals surface area contributed by atoms with Gasteiger partial charge in [0, 0.05) is 31.9 Å². The van der Waals surface area contributed by atoms with Crippen LogP contribution in [-0.2, 0) is 0 Å². The van der Waals surface area contributed by atoms with E-state index in [0.717, 1.165) is 5.69 Å². The highest BCUT2D eigenvalue weighted by atomic mass is 19.1. The summed E-state index contributed by atoms with van der Waals surface area (Å²) in [5.41, 5.74) is 0.655. The molecule has 1 saturated heterocycles. The van der Waals surface area contributed by atoms with Crippen LogP contribution < -0.4 is 14.5 Å². The van der Waals surface area contributed by atoms with E-state index in [1.54, 1.807) is 36.4 Å². The third kappa shape index (κ3) is 4.08. The lowest BCUT2D eigenvalue weighted by atomic mass is 10.2. The number of hydrogen-bond donors (Lipinski definition) is 0. The Bertz CT molecular complexity index is 993. The summed E-state index contributed by atoms with van der Waals surface area (Å²) in [6.07, 6.45) is 1.27. The third-order valence-corrected chi connectivity index (χ3v) is 4.68. The zero-order valence-electron chi connectivity index (χ0n) is 15.4. The predicted molar refractivity (Wildman–Crippen MR) is 106 cm³/mol. The molecule has 0 radical (unpaired) electrons. The van der Waals surface area contributed by atoms with Gasteiger partial charge < -0.3 is 14.5 Å². The molecule has 1 fully saturated rings. The van der Waals surface area contributed by atoms with Crippen molar-refractivity contribution in [3.8, 4) is 11.6 Å². The van der Waals surface area contributed by atoms with Crippen LogP contribution in [-0.4, -0.2) is 41.1 Å². The highest BCUT2D eigenvalue weighted by molar-refractivity contribution is 5.64. The van der Waals surface area contributed by atoms with Gasteiger partial charge in [-0.25, -0.2) is 9.37 Å². The molecule has 0 N–H and O–H groups in total. The lowest BCUT2D eigenvalue weighted by molar-refractivity contribution is -0.385. The Morgan fingerprint density at radius 1 is 0.931 bits per heavy atom. The van der Waals surface area contributed by atoms with E-state index in [2.05, 4.69) is 14.9 Å². The van der Waals surface area contributed by atoms with Crippen LogP contribution in [0.4, 0.5) is 21.6 Å². The second-order valence-electron chi connectivity index (χ2n) is 6.47. The van der Waals surface area contributed by atoms with Gasteiger partial charge in [0.2, 0.25) is 5.82 Å². The molecule has 0 aliphatic carbocycles. The summed E-state index contributed by atoms with van der Waals surface area (Å²) in [6, 6.07) is 15.1. The molecule has 8 nitrogen and oxygen atoms in total. The molecule has 29 heavy (non-hydrogen) atoms. The maximum absolute atomic E-state index is 13.1. The molecule has 0 saturated carbocycles. The lowest BCUT2D eigenvalue weighted by Crippen LogP contribution is -2.47. The quantitative estimate of drug-likeness (QED) is 0.482. The number of hydrogen-bond acceptors (Lipinski definition) is 7. The molecule has 148 valence electrons. The molecule has 9 heteroatoms. The van der Waals surface area contributed by atoms with E-state index in [1.165, 1.54) is 18.5 Å². The number of aromatic nitrogens is 2. The van der Waals surface area contributed by atoms with Crippen molar-refractivity contribution in [2.24, 2.45) is 0 Å². The second kappa shape index (κ2) is 8.09. The minimum atomic E-state index is -0.514. The summed E-state index contributed by atoms with van der Waals surface area (Å²) in [4.78, 5) is 23.3. The van der Waals surface area contributed by atoms with Gasteiger partial charge in [0.25, 0.3) is 0 Å². The standard InChI is InChI=1S/C20H18FN5O3/c21-15-6-8-16(9-7-15)24-10-12-25(13-11-24)19-18(26(27)28)20(23-14-22-19)29-17-4-2-1-3-5-17/h1-9,14H,10-13H2. The van der Waals surface area contributed by atoms with Gasteiger partial charge in [0.05, 0.1) is 4.92 Å². The number of nitrogens with zero attached hydrogens (tertiary/aromatic N) is 5. The molecular formula is C20H18FN5O3. The number of piperazine rings is 1. The number of rotatable bonds is 5. The van der Waals surface area contributed by atoms with Crippen molar-refractivity contribution in [3.05, 3.63) is 76.9 Å². The Kier molecular flexibility index (Phi) is 5.19. The summed E-state index contributed by atoms with van der Waals surface area (Å²) in [5.74, 6) is 0.318. The lowest BCUT2D eigenvalue weighted by Gasteiger charge is -2.36. The third-order valence-electron chi connectivity index (χ3n) is 4.68. The van der Waals surface area contributed by atoms with Gasteiger partial charge in [-0.3, -0.25) is 10.1 Å². The highest BCUT2D eigenvalue weighted by Crippen LogP contribution is 2.36. The van der Waals surface area contributed by atoms with Gasteiger partial charge in [-0.05, 0) is 36.4 Å². The minimum absolute atomic E-state index is 0.0906. The normalized spacial score (nSPS) is 14.0. The maximum Gasteiger partial charge on any atom is 0.373 e. The van der Waals surface area contributed by atoms with E-state index in [4.69, 9.17) is 4.74 Å². The summed E-state index contributed by atoms with van der Waals surface area (Å²) in [7, 11) is 0. The Balaban J connectivity index is 1.55. The molecule has 0 amide bonds. The average molecular weight is 395 g/mol. The van der Waals surface area contributed by atoms with Crippen LogP contribution in [0.15, 0.2) is 60.9 Å². The van der Waals surface area contributed by atoms with E-state index in [1.807, 2.05) is 11.0 Å². The zero-order chi connectivity index (χ0) is 20.2. The predicted octanol–water partition coefficient (Wildman–Crippen LogP) is 3.64. The molecular weight excluding hydrogens is 377 g/mol. The van der Waals surface area contributed by atoms with Crippen LogP contribution >= 0.6 is 0 Å². The van der Waals surface area contributed by atoms with Crippen molar-refractivity contribution in [2.75, 3.05) is 36.0 Å². The number of halogens is 1. The summed E-state index contributed by atoms with van der Waals surface area (Å²) in [5, 5.41) is 11.8. The van der Waals surface area contributed by atoms with Gasteiger partial charge in [0.15, 0.2) is 0 Å². The second-order valence-corrected chi connectivity index (χ2v) is 6.47. The van der Waals surface area contributed by atoms with E-state index < -0.39 is 4.92 Å². The monoisotopic (exact) mass is 395 g/mol. The van der Waals surface area contributed by atoms with Crippen molar-refractivity contribution < 1.29 is 14.1 Å². The topological polar surface area (TPSA) is 84.6 Å². The molecule has 0 bridgehead atoms. The largest absolute Gasteiger partial charge is 0.434 e. The number of benzene rings is 2. The fourth-order valence-electron chi connectivity index (χ4n) is 3.25. The number of ether oxygens (including phenoxy) is 1. The van der Waals surface area contributed by atoms with Crippen LogP contribution in [0.1, 0.15) is 0 Å². The van der Waals surface area contributed by atoms with E-state index in [-0.39, 0.29) is 23.2 Å². The Labute approximate surface area is 166 Å². The maximum atomic E-state index is 13.1. The minimum Gasteiger partial charge on any atom is -0.434 e. The van der Waals surface area contributed by atoms with Crippen LogP contribution in [0.2, 0.25) is 0 Å². The number of anilines is 2. The van der Waals surface area contributed by atoms with E-state index in [0.29, 0.717) is 31.9 Å². The van der Waals surface area contributed by atoms with E-state index >= 15 is 0 Å². The fraction of sp³-hybridized carbons (Fsp3) is 0.200. The van der Waals surface area contributed by atoms with Crippen molar-refractivity contribution in [2.45, 2.75) is 0 Å². The summed E-state index contributed by atoms with van der Waals surface area (Å²) in [6.45, 7) is 2.31. The molecule has 0 atom stereocenters. The summed E-state index contributed by atoms with van der Waals surface area (Å²) < 4.78 is 18.8. The first-order chi connectivity index (χ1) is 14.1. The SMILES string of the molecule is O=[N+]([O-])c1c(Oc2ccccc2)ncnc1N1CCN(c2ccc(F)cc2)CC1. The molecule has 2 aromatic carbocycles. The zero-order valence-corrected chi connectivity index (χ0v) is 15.4. The van der Waals surface area contributed by atoms with Crippen molar-refractivity contribution in [1.29, 1.82) is 0 Å². The van der Waals surface area contributed by atoms with Gasteiger partial charge in [-0.2, -0.15) is 4.98 Å². The number of para-hydroxylation sites is 1. The Morgan fingerprint density at radius 3 is 2.24 bits per heavy atom.